The van der Waals surface area contributed by atoms with Crippen molar-refractivity contribution in [1.29, 1.82) is 0 Å². The van der Waals surface area contributed by atoms with Gasteiger partial charge >= 0.3 is 5.97 Å². The fraction of sp³-hybridized carbons (Fsp3) is 0.375. The van der Waals surface area contributed by atoms with E-state index in [1.54, 1.807) is 30.3 Å². The van der Waals surface area contributed by atoms with Crippen LogP contribution >= 0.6 is 23.4 Å². The maximum absolute atomic E-state index is 12.6. The third kappa shape index (κ3) is 2.93. The van der Waals surface area contributed by atoms with Crippen molar-refractivity contribution in [3.05, 3.63) is 46.5 Å². The molecule has 0 N–H and O–H groups in total. The lowest BCUT2D eigenvalue weighted by Crippen LogP contribution is -2.42. The Bertz CT molecular complexity index is 738. The molecule has 1 fully saturated rings. The second kappa shape index (κ2) is 6.44. The van der Waals surface area contributed by atoms with Crippen molar-refractivity contribution < 1.29 is 18.4 Å². The Hall–Kier alpha value is -1.30. The minimum Gasteiger partial charge on any atom is -0.468 e. The number of hydrogen-bond donors (Lipinski definition) is 0. The molecule has 2 unspecified atom stereocenters. The van der Waals surface area contributed by atoms with Gasteiger partial charge in [-0.2, -0.15) is 0 Å². The molecular formula is C16H16ClNO3S. The second-order valence-corrected chi connectivity index (χ2v) is 6.86. The highest BCUT2D eigenvalue weighted by atomic mass is 35.5. The molecule has 6 heteroatoms. The van der Waals surface area contributed by atoms with E-state index in [9.17, 15) is 9.59 Å². The molecule has 3 rings (SSSR count). The number of benzene rings is 1. The van der Waals surface area contributed by atoms with Gasteiger partial charge in [-0.15, -0.1) is 0 Å². The highest BCUT2D eigenvalue weighted by molar-refractivity contribution is 8.15. The SMILES string of the molecule is [2H][13C]([2H])([2H])OC(=O)C(c1ccccc1Cl)N1CCC2SC(=O)C=C2C1. The van der Waals surface area contributed by atoms with Gasteiger partial charge in [0.25, 0.3) is 0 Å². The van der Waals surface area contributed by atoms with Crippen molar-refractivity contribution in [2.24, 2.45) is 0 Å². The molecule has 0 aromatic heterocycles. The summed E-state index contributed by atoms with van der Waals surface area (Å²) in [4.78, 5) is 26.0. The van der Waals surface area contributed by atoms with E-state index in [4.69, 9.17) is 15.7 Å². The lowest BCUT2D eigenvalue weighted by Gasteiger charge is -2.36. The topological polar surface area (TPSA) is 46.6 Å². The van der Waals surface area contributed by atoms with Crippen LogP contribution in [0, 0.1) is 0 Å². The smallest absolute Gasteiger partial charge is 0.327 e. The molecule has 4 nitrogen and oxygen atoms in total. The Kier molecular flexibility index (Phi) is 3.56. The van der Waals surface area contributed by atoms with E-state index in [0.717, 1.165) is 5.57 Å². The van der Waals surface area contributed by atoms with E-state index in [0.29, 0.717) is 30.1 Å². The summed E-state index contributed by atoms with van der Waals surface area (Å²) in [7, 11) is -2.83. The summed E-state index contributed by atoms with van der Waals surface area (Å²) >= 11 is 7.53. The second-order valence-electron chi connectivity index (χ2n) is 5.25. The van der Waals surface area contributed by atoms with Gasteiger partial charge in [-0.25, -0.2) is 4.79 Å². The predicted molar refractivity (Wildman–Crippen MR) is 86.9 cm³/mol. The van der Waals surface area contributed by atoms with Crippen LogP contribution in [0.5, 0.6) is 0 Å². The Morgan fingerprint density at radius 2 is 2.36 bits per heavy atom. The zero-order valence-electron chi connectivity index (χ0n) is 14.6. The molecule has 0 radical (unpaired) electrons. The molecule has 0 bridgehead atoms. The van der Waals surface area contributed by atoms with Crippen molar-refractivity contribution in [2.75, 3.05) is 20.1 Å². The third-order valence-electron chi connectivity index (χ3n) is 3.93. The van der Waals surface area contributed by atoms with E-state index in [1.165, 1.54) is 11.8 Å². The molecule has 1 aromatic rings. The van der Waals surface area contributed by atoms with Gasteiger partial charge in [-0.05, 0) is 29.7 Å². The van der Waals surface area contributed by atoms with Crippen LogP contribution in [0.15, 0.2) is 35.9 Å². The van der Waals surface area contributed by atoms with Crippen molar-refractivity contribution in [1.82, 2.24) is 4.90 Å². The molecule has 0 amide bonds. The Morgan fingerprint density at radius 3 is 3.14 bits per heavy atom. The molecule has 2 atom stereocenters. The third-order valence-corrected chi connectivity index (χ3v) is 5.45. The number of esters is 1. The van der Waals surface area contributed by atoms with Crippen LogP contribution in [-0.4, -0.2) is 41.4 Å². The molecule has 1 aromatic carbocycles. The first-order valence-corrected chi connectivity index (χ1v) is 8.13. The van der Waals surface area contributed by atoms with Crippen LogP contribution in [0.2, 0.25) is 5.02 Å². The van der Waals surface area contributed by atoms with Gasteiger partial charge in [0.1, 0.15) is 6.04 Å². The molecule has 2 aliphatic heterocycles. The van der Waals surface area contributed by atoms with Crippen LogP contribution in [-0.2, 0) is 14.3 Å². The van der Waals surface area contributed by atoms with Crippen molar-refractivity contribution in [2.45, 2.75) is 17.7 Å². The zero-order valence-corrected chi connectivity index (χ0v) is 13.2. The molecule has 0 aliphatic carbocycles. The van der Waals surface area contributed by atoms with Gasteiger partial charge in [-0.1, -0.05) is 41.6 Å². The number of halogens is 1. The summed E-state index contributed by atoms with van der Waals surface area (Å²) in [5.74, 6) is -0.871. The first-order valence-electron chi connectivity index (χ1n) is 8.37. The number of methoxy groups -OCH3 is 1. The lowest BCUT2D eigenvalue weighted by atomic mass is 9.98. The number of piperidine rings is 1. The van der Waals surface area contributed by atoms with Gasteiger partial charge in [0.2, 0.25) is 5.12 Å². The number of hydrogen-bond acceptors (Lipinski definition) is 5. The summed E-state index contributed by atoms with van der Waals surface area (Å²) in [5, 5.41) is 0.512. The highest BCUT2D eigenvalue weighted by Gasteiger charge is 2.37. The van der Waals surface area contributed by atoms with Crippen molar-refractivity contribution in [3.8, 4) is 0 Å². The van der Waals surface area contributed by atoms with E-state index in [-0.39, 0.29) is 10.4 Å². The molecule has 0 spiro atoms. The molecule has 0 saturated carbocycles. The quantitative estimate of drug-likeness (QED) is 0.625. The first kappa shape index (κ1) is 12.2. The van der Waals surface area contributed by atoms with Gasteiger partial charge in [0.05, 0.1) is 11.2 Å². The normalized spacial score (nSPS) is 25.5. The van der Waals surface area contributed by atoms with Crippen molar-refractivity contribution in [3.63, 3.8) is 0 Å². The summed E-state index contributed by atoms with van der Waals surface area (Å²) < 4.78 is 26.3. The zero-order chi connectivity index (χ0) is 18.2. The van der Waals surface area contributed by atoms with Crippen LogP contribution in [0.1, 0.15) is 22.1 Å². The fourth-order valence-corrected chi connectivity index (χ4v) is 4.18. The van der Waals surface area contributed by atoms with E-state index in [2.05, 4.69) is 4.74 Å². The monoisotopic (exact) mass is 341 g/mol. The minimum absolute atomic E-state index is 0.0150. The molecular weight excluding hydrogens is 323 g/mol. The molecule has 116 valence electrons. The average Bonchev–Trinajstić information content (AvgIpc) is 2.87. The van der Waals surface area contributed by atoms with Crippen LogP contribution < -0.4 is 0 Å². The summed E-state index contributed by atoms with van der Waals surface area (Å²) in [6, 6.07) is 5.87. The average molecular weight is 342 g/mol. The van der Waals surface area contributed by atoms with E-state index >= 15 is 0 Å². The predicted octanol–water partition coefficient (Wildman–Crippen LogP) is 2.83. The number of likely N-dealkylation sites (tertiary alicyclic amines) is 1. The molecule has 1 saturated heterocycles. The standard InChI is InChI=1S/C16H16ClNO3S/c1-21-16(20)15(11-4-2-3-5-12(11)17)18-7-6-13-10(9-18)8-14(19)22-13/h2-5,8,13,15H,6-7,9H2,1H3/i1+1D3. The van der Waals surface area contributed by atoms with Crippen LogP contribution in [0.4, 0.5) is 0 Å². The maximum Gasteiger partial charge on any atom is 0.327 e. The highest BCUT2D eigenvalue weighted by Crippen LogP contribution is 2.38. The summed E-state index contributed by atoms with van der Waals surface area (Å²) in [6.07, 6.45) is 2.30. The number of nitrogens with zero attached hydrogens (tertiary/aromatic N) is 1. The summed E-state index contributed by atoms with van der Waals surface area (Å²) in [6.45, 7) is 0.934. The van der Waals surface area contributed by atoms with Gasteiger partial charge < -0.3 is 4.74 Å². The van der Waals surface area contributed by atoms with Gasteiger partial charge in [-0.3, -0.25) is 9.69 Å². The van der Waals surface area contributed by atoms with Crippen LogP contribution in [0.3, 0.4) is 0 Å². The Morgan fingerprint density at radius 1 is 1.55 bits per heavy atom. The largest absolute Gasteiger partial charge is 0.468 e. The van der Waals surface area contributed by atoms with Crippen LogP contribution in [0.25, 0.3) is 0 Å². The Labute approximate surface area is 142 Å². The number of rotatable bonds is 3. The van der Waals surface area contributed by atoms with Crippen molar-refractivity contribution >= 4 is 34.4 Å². The van der Waals surface area contributed by atoms with E-state index in [1.807, 2.05) is 4.90 Å². The molecule has 2 aliphatic rings. The number of carbonyl (C=O) groups excluding carboxylic acids is 2. The van der Waals surface area contributed by atoms with Gasteiger partial charge in [0.15, 0.2) is 0 Å². The molecule has 2 heterocycles. The molecule has 22 heavy (non-hydrogen) atoms. The number of carbonyl (C=O) groups is 2. The van der Waals surface area contributed by atoms with E-state index < -0.39 is 19.0 Å². The number of ether oxygens (including phenoxy) is 1. The lowest BCUT2D eigenvalue weighted by molar-refractivity contribution is -0.147. The number of fused-ring (bicyclic) bond motifs is 1. The minimum atomic E-state index is -2.83. The fourth-order valence-electron chi connectivity index (χ4n) is 2.93. The maximum atomic E-state index is 12.6. The number of thioether (sulfide) groups is 1. The first-order chi connectivity index (χ1) is 11.7. The Balaban J connectivity index is 1.91. The van der Waals surface area contributed by atoms with Gasteiger partial charge in [0, 0.05) is 23.4 Å². The summed E-state index contributed by atoms with van der Waals surface area (Å²) in [5.41, 5.74) is 1.44.